The Balaban J connectivity index is 2.22. The molecule has 1 heterocycles. The van der Waals surface area contributed by atoms with Gasteiger partial charge in [0.15, 0.2) is 0 Å². The van der Waals surface area contributed by atoms with Crippen molar-refractivity contribution in [2.75, 3.05) is 19.8 Å². The van der Waals surface area contributed by atoms with E-state index in [0.29, 0.717) is 38.2 Å². The third kappa shape index (κ3) is 2.77. The Labute approximate surface area is 112 Å². The van der Waals surface area contributed by atoms with Gasteiger partial charge in [0.05, 0.1) is 23.7 Å². The van der Waals surface area contributed by atoms with E-state index in [4.69, 9.17) is 9.47 Å². The van der Waals surface area contributed by atoms with Gasteiger partial charge in [0.2, 0.25) is 0 Å². The molecule has 19 heavy (non-hydrogen) atoms. The molecular weight excluding hydrogens is 242 g/mol. The number of hydrogen-bond donors (Lipinski definition) is 0. The first-order chi connectivity index (χ1) is 9.22. The molecule has 0 radical (unpaired) electrons. The molecule has 4 nitrogen and oxygen atoms in total. The standard InChI is InChI=1S/C15H17NO3/c1-2-19-14(17)12-3-5-13(6-4-12)15(11-16)7-9-18-10-8-15/h3-6H,2,7-10H2,1H3. The highest BCUT2D eigenvalue weighted by molar-refractivity contribution is 5.89. The smallest absolute Gasteiger partial charge is 0.338 e. The molecule has 1 aliphatic rings. The number of nitrogens with zero attached hydrogens (tertiary/aromatic N) is 1. The summed E-state index contributed by atoms with van der Waals surface area (Å²) in [6.07, 6.45) is 1.39. The molecule has 0 unspecified atom stereocenters. The molecule has 0 spiro atoms. The summed E-state index contributed by atoms with van der Waals surface area (Å²) in [6, 6.07) is 9.56. The number of carbonyl (C=O) groups excluding carboxylic acids is 1. The summed E-state index contributed by atoms with van der Waals surface area (Å²) in [6.45, 7) is 3.35. The average Bonchev–Trinajstić information content (AvgIpc) is 2.48. The Kier molecular flexibility index (Phi) is 4.18. The molecule has 0 bridgehead atoms. The Morgan fingerprint density at radius 3 is 2.53 bits per heavy atom. The second kappa shape index (κ2) is 5.85. The Hall–Kier alpha value is -1.86. The maximum Gasteiger partial charge on any atom is 0.338 e. The third-order valence-electron chi connectivity index (χ3n) is 3.51. The summed E-state index contributed by atoms with van der Waals surface area (Å²) < 4.78 is 10.3. The molecule has 0 aromatic heterocycles. The average molecular weight is 259 g/mol. The Morgan fingerprint density at radius 1 is 1.37 bits per heavy atom. The zero-order valence-electron chi connectivity index (χ0n) is 11.0. The van der Waals surface area contributed by atoms with Crippen LogP contribution in [0, 0.1) is 11.3 Å². The number of rotatable bonds is 3. The summed E-state index contributed by atoms with van der Waals surface area (Å²) >= 11 is 0. The van der Waals surface area contributed by atoms with Crippen LogP contribution in [-0.2, 0) is 14.9 Å². The maximum atomic E-state index is 11.6. The highest BCUT2D eigenvalue weighted by Gasteiger charge is 2.34. The van der Waals surface area contributed by atoms with E-state index < -0.39 is 5.41 Å². The van der Waals surface area contributed by atoms with E-state index in [2.05, 4.69) is 6.07 Å². The summed E-state index contributed by atoms with van der Waals surface area (Å²) in [5.41, 5.74) is 0.989. The number of nitriles is 1. The van der Waals surface area contributed by atoms with Crippen LogP contribution in [0.1, 0.15) is 35.7 Å². The van der Waals surface area contributed by atoms with Crippen molar-refractivity contribution in [1.29, 1.82) is 5.26 Å². The molecule has 0 atom stereocenters. The number of benzene rings is 1. The number of ether oxygens (including phenoxy) is 2. The molecule has 0 aliphatic carbocycles. The van der Waals surface area contributed by atoms with Gasteiger partial charge in [-0.1, -0.05) is 12.1 Å². The zero-order chi connectivity index (χ0) is 13.7. The van der Waals surface area contributed by atoms with Crippen molar-refractivity contribution in [2.24, 2.45) is 0 Å². The van der Waals surface area contributed by atoms with Gasteiger partial charge in [-0.3, -0.25) is 0 Å². The normalized spacial score (nSPS) is 17.5. The highest BCUT2D eigenvalue weighted by Crippen LogP contribution is 2.34. The largest absolute Gasteiger partial charge is 0.462 e. The topological polar surface area (TPSA) is 59.3 Å². The van der Waals surface area contributed by atoms with Gasteiger partial charge in [-0.15, -0.1) is 0 Å². The number of hydrogen-bond acceptors (Lipinski definition) is 4. The van der Waals surface area contributed by atoms with Gasteiger partial charge in [-0.2, -0.15) is 5.26 Å². The van der Waals surface area contributed by atoms with Crippen molar-refractivity contribution >= 4 is 5.97 Å². The minimum absolute atomic E-state index is 0.327. The van der Waals surface area contributed by atoms with E-state index >= 15 is 0 Å². The fourth-order valence-electron chi connectivity index (χ4n) is 2.32. The monoisotopic (exact) mass is 259 g/mol. The van der Waals surface area contributed by atoms with Crippen molar-refractivity contribution in [2.45, 2.75) is 25.2 Å². The highest BCUT2D eigenvalue weighted by atomic mass is 16.5. The van der Waals surface area contributed by atoms with Gasteiger partial charge in [0, 0.05) is 13.2 Å². The summed E-state index contributed by atoms with van der Waals surface area (Å²) in [7, 11) is 0. The molecule has 0 amide bonds. The van der Waals surface area contributed by atoms with E-state index in [1.54, 1.807) is 19.1 Å². The van der Waals surface area contributed by atoms with Crippen LogP contribution >= 0.6 is 0 Å². The van der Waals surface area contributed by atoms with Gasteiger partial charge in [0.1, 0.15) is 0 Å². The lowest BCUT2D eigenvalue weighted by molar-refractivity contribution is 0.0525. The minimum Gasteiger partial charge on any atom is -0.462 e. The Bertz CT molecular complexity index is 481. The maximum absolute atomic E-state index is 11.6. The van der Waals surface area contributed by atoms with Gasteiger partial charge < -0.3 is 9.47 Å². The van der Waals surface area contributed by atoms with Gasteiger partial charge in [-0.25, -0.2) is 4.79 Å². The van der Waals surface area contributed by atoms with Crippen molar-refractivity contribution in [3.63, 3.8) is 0 Å². The predicted octanol–water partition coefficient (Wildman–Crippen LogP) is 2.44. The lowest BCUT2D eigenvalue weighted by Gasteiger charge is -2.31. The Morgan fingerprint density at radius 2 is 2.00 bits per heavy atom. The summed E-state index contributed by atoms with van der Waals surface area (Å²) in [5.74, 6) is -0.327. The molecule has 100 valence electrons. The van der Waals surface area contributed by atoms with Gasteiger partial charge in [-0.05, 0) is 37.5 Å². The van der Waals surface area contributed by atoms with Crippen LogP contribution in [0.25, 0.3) is 0 Å². The molecule has 4 heteroatoms. The van der Waals surface area contributed by atoms with Crippen LogP contribution in [0.4, 0.5) is 0 Å². The third-order valence-corrected chi connectivity index (χ3v) is 3.51. The van der Waals surface area contributed by atoms with E-state index in [1.165, 1.54) is 0 Å². The van der Waals surface area contributed by atoms with Crippen molar-refractivity contribution in [1.82, 2.24) is 0 Å². The van der Waals surface area contributed by atoms with Gasteiger partial charge in [0.25, 0.3) is 0 Å². The lowest BCUT2D eigenvalue weighted by atomic mass is 9.75. The minimum atomic E-state index is -0.481. The molecule has 1 aliphatic heterocycles. The van der Waals surface area contributed by atoms with E-state index in [-0.39, 0.29) is 5.97 Å². The van der Waals surface area contributed by atoms with Crippen LogP contribution in [0.2, 0.25) is 0 Å². The van der Waals surface area contributed by atoms with Gasteiger partial charge >= 0.3 is 5.97 Å². The molecule has 1 aromatic rings. The second-order valence-corrected chi connectivity index (χ2v) is 4.60. The first-order valence-corrected chi connectivity index (χ1v) is 6.48. The SMILES string of the molecule is CCOC(=O)c1ccc(C2(C#N)CCOCC2)cc1. The molecule has 1 aromatic carbocycles. The van der Waals surface area contributed by atoms with Crippen LogP contribution < -0.4 is 0 Å². The predicted molar refractivity (Wildman–Crippen MR) is 69.7 cm³/mol. The second-order valence-electron chi connectivity index (χ2n) is 4.60. The molecule has 1 fully saturated rings. The van der Waals surface area contributed by atoms with E-state index in [9.17, 15) is 10.1 Å². The van der Waals surface area contributed by atoms with Crippen LogP contribution in [0.3, 0.4) is 0 Å². The van der Waals surface area contributed by atoms with Crippen LogP contribution in [0.5, 0.6) is 0 Å². The fraction of sp³-hybridized carbons (Fsp3) is 0.467. The van der Waals surface area contributed by atoms with Crippen LogP contribution in [0.15, 0.2) is 24.3 Å². The summed E-state index contributed by atoms with van der Waals surface area (Å²) in [4.78, 5) is 11.6. The first-order valence-electron chi connectivity index (χ1n) is 6.48. The number of carbonyl (C=O) groups is 1. The lowest BCUT2D eigenvalue weighted by Crippen LogP contribution is -2.32. The molecular formula is C15H17NO3. The zero-order valence-corrected chi connectivity index (χ0v) is 11.0. The number of esters is 1. The molecule has 1 saturated heterocycles. The van der Waals surface area contributed by atoms with Crippen molar-refractivity contribution in [3.8, 4) is 6.07 Å². The molecule has 0 N–H and O–H groups in total. The fourth-order valence-corrected chi connectivity index (χ4v) is 2.32. The molecule has 0 saturated carbocycles. The van der Waals surface area contributed by atoms with E-state index in [0.717, 1.165) is 5.56 Å². The molecule has 2 rings (SSSR count). The first kappa shape index (κ1) is 13.6. The van der Waals surface area contributed by atoms with Crippen LogP contribution in [-0.4, -0.2) is 25.8 Å². The van der Waals surface area contributed by atoms with Crippen molar-refractivity contribution in [3.05, 3.63) is 35.4 Å². The summed E-state index contributed by atoms with van der Waals surface area (Å²) in [5, 5.41) is 9.46. The quantitative estimate of drug-likeness (QED) is 0.782. The van der Waals surface area contributed by atoms with E-state index in [1.807, 2.05) is 12.1 Å². The van der Waals surface area contributed by atoms with Crippen molar-refractivity contribution < 1.29 is 14.3 Å².